The van der Waals surface area contributed by atoms with Crippen LogP contribution in [0.1, 0.15) is 57.4 Å². The number of halogens is 1. The zero-order chi connectivity index (χ0) is 21.7. The average molecular weight is 430 g/mol. The van der Waals surface area contributed by atoms with E-state index < -0.39 is 17.9 Å². The molecular weight excluding hydrogens is 402 g/mol. The van der Waals surface area contributed by atoms with E-state index in [9.17, 15) is 14.7 Å². The van der Waals surface area contributed by atoms with E-state index in [1.54, 1.807) is 38.1 Å². The molecule has 1 aliphatic heterocycles. The molecule has 3 rings (SSSR count). The molecule has 0 saturated heterocycles. The van der Waals surface area contributed by atoms with Crippen LogP contribution in [0.5, 0.6) is 0 Å². The largest absolute Gasteiger partial charge is 0.478 e. The first-order valence-corrected chi connectivity index (χ1v) is 10.8. The van der Waals surface area contributed by atoms with Crippen molar-refractivity contribution in [3.8, 4) is 0 Å². The van der Waals surface area contributed by atoms with Crippen LogP contribution < -0.4 is 5.32 Å². The van der Waals surface area contributed by atoms with Crippen molar-refractivity contribution in [3.63, 3.8) is 0 Å². The smallest absolute Gasteiger partial charge is 0.337 e. The minimum atomic E-state index is -1.08. The number of dihydropyridines is 1. The lowest BCUT2D eigenvalue weighted by atomic mass is 9.80. The highest BCUT2D eigenvalue weighted by Gasteiger charge is 2.37. The van der Waals surface area contributed by atoms with Crippen molar-refractivity contribution in [1.29, 1.82) is 0 Å². The third-order valence-electron chi connectivity index (χ3n) is 5.76. The van der Waals surface area contributed by atoms with Gasteiger partial charge >= 0.3 is 11.9 Å². The van der Waals surface area contributed by atoms with Crippen molar-refractivity contribution in [2.24, 2.45) is 5.92 Å². The fourth-order valence-corrected chi connectivity index (χ4v) is 4.54. The van der Waals surface area contributed by atoms with Crippen molar-refractivity contribution in [1.82, 2.24) is 5.32 Å². The molecule has 2 aliphatic rings. The van der Waals surface area contributed by atoms with Gasteiger partial charge in [0, 0.05) is 16.4 Å². The van der Waals surface area contributed by atoms with Gasteiger partial charge in [-0.1, -0.05) is 55.1 Å². The zero-order valence-corrected chi connectivity index (χ0v) is 18.2. The summed E-state index contributed by atoms with van der Waals surface area (Å²) in [5.41, 5.74) is 2.14. The number of carboxylic acids is 1. The van der Waals surface area contributed by atoms with Gasteiger partial charge in [-0.05, 0) is 50.3 Å². The van der Waals surface area contributed by atoms with Crippen molar-refractivity contribution in [2.45, 2.75) is 51.9 Å². The number of rotatable bonds is 6. The number of benzene rings is 1. The molecular formula is C24H28ClNO4. The van der Waals surface area contributed by atoms with E-state index in [0.29, 0.717) is 33.5 Å². The first kappa shape index (κ1) is 22.2. The summed E-state index contributed by atoms with van der Waals surface area (Å²) in [6.07, 6.45) is 10.2. The molecule has 0 spiro atoms. The number of hydrogen-bond acceptors (Lipinski definition) is 4. The fourth-order valence-electron chi connectivity index (χ4n) is 4.34. The summed E-state index contributed by atoms with van der Waals surface area (Å²) in [5.74, 6) is -1.81. The fraction of sp³-hybridized carbons (Fsp3) is 0.417. The Morgan fingerprint density at radius 1 is 1.17 bits per heavy atom. The lowest BCUT2D eigenvalue weighted by molar-refractivity contribution is -0.138. The monoisotopic (exact) mass is 429 g/mol. The summed E-state index contributed by atoms with van der Waals surface area (Å²) in [5, 5.41) is 13.3. The second-order valence-electron chi connectivity index (χ2n) is 7.92. The molecule has 0 bridgehead atoms. The molecule has 1 fully saturated rings. The van der Waals surface area contributed by atoms with Gasteiger partial charge in [0.15, 0.2) is 0 Å². The highest BCUT2D eigenvalue weighted by molar-refractivity contribution is 6.30. The maximum absolute atomic E-state index is 13.0. The van der Waals surface area contributed by atoms with Crippen LogP contribution in [0, 0.1) is 5.92 Å². The maximum Gasteiger partial charge on any atom is 0.337 e. The van der Waals surface area contributed by atoms with Crippen molar-refractivity contribution >= 4 is 23.5 Å². The van der Waals surface area contributed by atoms with Crippen LogP contribution in [0.15, 0.2) is 59.0 Å². The molecule has 2 N–H and O–H groups in total. The van der Waals surface area contributed by atoms with Gasteiger partial charge < -0.3 is 15.2 Å². The van der Waals surface area contributed by atoms with Gasteiger partial charge in [-0.2, -0.15) is 0 Å². The van der Waals surface area contributed by atoms with Gasteiger partial charge in [0.1, 0.15) is 6.61 Å². The lowest BCUT2D eigenvalue weighted by Crippen LogP contribution is -2.31. The van der Waals surface area contributed by atoms with Crippen LogP contribution in [0.3, 0.4) is 0 Å². The second kappa shape index (κ2) is 9.98. The summed E-state index contributed by atoms with van der Waals surface area (Å²) in [6.45, 7) is 3.62. The number of carbonyl (C=O) groups excluding carboxylic acids is 1. The van der Waals surface area contributed by atoms with E-state index in [-0.39, 0.29) is 12.2 Å². The number of aliphatic carboxylic acids is 1. The number of nitrogens with one attached hydrogen (secondary N) is 1. The summed E-state index contributed by atoms with van der Waals surface area (Å²) >= 11 is 6.15. The standard InChI is InChI=1S/C24H28ClNO4/c1-15-20(23(27)28)22(18-11-6-12-19(25)14-18)21(16(2)26-15)24(29)30-13-7-10-17-8-4-3-5-9-17/h6-7,10-12,14,17,22,26H,3-5,8-9,13H2,1-2H3,(H,27,28)/b10-7+. The number of carboxylic acid groups (broad SMARTS) is 1. The topological polar surface area (TPSA) is 75.6 Å². The molecule has 0 radical (unpaired) electrons. The van der Waals surface area contributed by atoms with E-state index in [0.717, 1.165) is 0 Å². The third kappa shape index (κ3) is 5.14. The molecule has 1 atom stereocenters. The SMILES string of the molecule is CC1=C(C(=O)O)C(c2cccc(Cl)c2)C(C(=O)OC/C=C/C2CCCCC2)=C(C)N1. The van der Waals surface area contributed by atoms with Crippen LogP contribution in [0.2, 0.25) is 5.02 Å². The minimum Gasteiger partial charge on any atom is -0.478 e. The highest BCUT2D eigenvalue weighted by Crippen LogP contribution is 2.39. The van der Waals surface area contributed by atoms with Crippen LogP contribution in [0.25, 0.3) is 0 Å². The van der Waals surface area contributed by atoms with Gasteiger partial charge in [-0.15, -0.1) is 0 Å². The zero-order valence-electron chi connectivity index (χ0n) is 17.4. The first-order chi connectivity index (χ1) is 14.4. The van der Waals surface area contributed by atoms with Gasteiger partial charge in [-0.3, -0.25) is 0 Å². The Hall–Kier alpha value is -2.53. The van der Waals surface area contributed by atoms with E-state index in [4.69, 9.17) is 16.3 Å². The molecule has 0 aromatic heterocycles. The van der Waals surface area contributed by atoms with Crippen LogP contribution in [-0.4, -0.2) is 23.7 Å². The molecule has 1 aliphatic carbocycles. The first-order valence-electron chi connectivity index (χ1n) is 10.4. The number of hydrogen-bond donors (Lipinski definition) is 2. The third-order valence-corrected chi connectivity index (χ3v) is 6.00. The predicted octanol–water partition coefficient (Wildman–Crippen LogP) is 5.34. The van der Waals surface area contributed by atoms with Crippen molar-refractivity contribution < 1.29 is 19.4 Å². The van der Waals surface area contributed by atoms with E-state index in [2.05, 4.69) is 11.4 Å². The number of carbonyl (C=O) groups is 2. The molecule has 30 heavy (non-hydrogen) atoms. The van der Waals surface area contributed by atoms with Crippen molar-refractivity contribution in [3.05, 3.63) is 69.5 Å². The van der Waals surface area contributed by atoms with E-state index in [1.165, 1.54) is 32.1 Å². The molecule has 1 unspecified atom stereocenters. The lowest BCUT2D eigenvalue weighted by Gasteiger charge is -2.29. The Balaban J connectivity index is 1.82. The Kier molecular flexibility index (Phi) is 7.38. The predicted molar refractivity (Wildman–Crippen MR) is 117 cm³/mol. The van der Waals surface area contributed by atoms with Gasteiger partial charge in [0.25, 0.3) is 0 Å². The molecule has 5 nitrogen and oxygen atoms in total. The van der Waals surface area contributed by atoms with Gasteiger partial charge in [0.2, 0.25) is 0 Å². The highest BCUT2D eigenvalue weighted by atomic mass is 35.5. The molecule has 1 aromatic carbocycles. The summed E-state index contributed by atoms with van der Waals surface area (Å²) in [6, 6.07) is 6.94. The molecule has 1 saturated carbocycles. The quantitative estimate of drug-likeness (QED) is 0.471. The van der Waals surface area contributed by atoms with Crippen LogP contribution in [-0.2, 0) is 14.3 Å². The Labute approximate surface area is 182 Å². The Morgan fingerprint density at radius 2 is 1.87 bits per heavy atom. The summed E-state index contributed by atoms with van der Waals surface area (Å²) in [7, 11) is 0. The van der Waals surface area contributed by atoms with Crippen LogP contribution >= 0.6 is 11.6 Å². The molecule has 6 heteroatoms. The van der Waals surface area contributed by atoms with Gasteiger partial charge in [0.05, 0.1) is 17.1 Å². The van der Waals surface area contributed by atoms with Crippen molar-refractivity contribution in [2.75, 3.05) is 6.61 Å². The Morgan fingerprint density at radius 3 is 2.53 bits per heavy atom. The normalized spacial score (nSPS) is 20.4. The second-order valence-corrected chi connectivity index (χ2v) is 8.36. The van der Waals surface area contributed by atoms with E-state index >= 15 is 0 Å². The molecule has 1 heterocycles. The maximum atomic E-state index is 13.0. The molecule has 0 amide bonds. The van der Waals surface area contributed by atoms with E-state index in [1.807, 2.05) is 6.08 Å². The summed E-state index contributed by atoms with van der Waals surface area (Å²) in [4.78, 5) is 25.0. The minimum absolute atomic E-state index is 0.118. The number of esters is 1. The summed E-state index contributed by atoms with van der Waals surface area (Å²) < 4.78 is 5.52. The average Bonchev–Trinajstić information content (AvgIpc) is 2.71. The molecule has 160 valence electrons. The molecule has 1 aromatic rings. The van der Waals surface area contributed by atoms with Gasteiger partial charge in [-0.25, -0.2) is 9.59 Å². The number of ether oxygens (including phenoxy) is 1. The number of allylic oxidation sites excluding steroid dienone is 3. The van der Waals surface area contributed by atoms with Crippen LogP contribution in [0.4, 0.5) is 0 Å². The Bertz CT molecular complexity index is 910.